The monoisotopic (exact) mass is 426 g/mol. The molecule has 0 bridgehead atoms. The fraction of sp³-hybridized carbons (Fsp3) is 0.458. The number of nitrogens with zero attached hydrogens (tertiary/aromatic N) is 1. The number of esters is 1. The molecule has 1 heterocycles. The summed E-state index contributed by atoms with van der Waals surface area (Å²) in [7, 11) is 1.38. The van der Waals surface area contributed by atoms with Crippen molar-refractivity contribution < 1.29 is 24.2 Å². The second kappa shape index (κ2) is 9.81. The molecule has 7 heteroatoms. The van der Waals surface area contributed by atoms with Crippen LogP contribution in [0.2, 0.25) is 0 Å². The number of hydrogen-bond donors (Lipinski definition) is 2. The maximum absolute atomic E-state index is 12.5. The van der Waals surface area contributed by atoms with Crippen molar-refractivity contribution >= 4 is 11.9 Å². The van der Waals surface area contributed by atoms with E-state index in [2.05, 4.69) is 42.3 Å². The molecule has 2 aromatic rings. The van der Waals surface area contributed by atoms with Crippen LogP contribution in [0.4, 0.5) is 0 Å². The van der Waals surface area contributed by atoms with Gasteiger partial charge < -0.3 is 19.9 Å². The molecule has 1 aromatic carbocycles. The molecule has 1 aromatic heterocycles. The highest BCUT2D eigenvalue weighted by atomic mass is 16.5. The maximum Gasteiger partial charge on any atom is 0.325 e. The average molecular weight is 427 g/mol. The number of amides is 1. The highest BCUT2D eigenvalue weighted by molar-refractivity contribution is 5.97. The molecule has 1 saturated carbocycles. The first-order chi connectivity index (χ1) is 14.8. The number of hydrogen-bond acceptors (Lipinski definition) is 6. The van der Waals surface area contributed by atoms with Crippen LogP contribution in [0.1, 0.15) is 59.3 Å². The molecular weight excluding hydrogens is 396 g/mol. The van der Waals surface area contributed by atoms with E-state index in [1.165, 1.54) is 42.5 Å². The Kier molecular flexibility index (Phi) is 7.15. The number of methoxy groups -OCH3 is 1. The number of aromatic nitrogens is 1. The molecular formula is C24H30N2O5. The summed E-state index contributed by atoms with van der Waals surface area (Å²) < 4.78 is 10.7. The second-order valence-electron chi connectivity index (χ2n) is 8.16. The lowest BCUT2D eigenvalue weighted by molar-refractivity contribution is -0.149. The molecule has 1 aliphatic carbocycles. The topological polar surface area (TPSA) is 97.8 Å². The molecule has 0 radical (unpaired) electrons. The van der Waals surface area contributed by atoms with Gasteiger partial charge in [-0.15, -0.1) is 0 Å². The van der Waals surface area contributed by atoms with Gasteiger partial charge in [0, 0.05) is 18.2 Å². The number of benzene rings is 1. The molecule has 2 unspecified atom stereocenters. The summed E-state index contributed by atoms with van der Waals surface area (Å²) in [6, 6.07) is 7.83. The predicted molar refractivity (Wildman–Crippen MR) is 116 cm³/mol. The van der Waals surface area contributed by atoms with Crippen LogP contribution in [0.25, 0.3) is 0 Å². The third-order valence-electron chi connectivity index (χ3n) is 5.98. The van der Waals surface area contributed by atoms with E-state index in [1.54, 1.807) is 0 Å². The van der Waals surface area contributed by atoms with E-state index in [9.17, 15) is 14.7 Å². The molecule has 1 aliphatic rings. The standard InChI is InChI=1S/C24H30N2O5/c1-14-8-9-18(15(2)12-14)21(17-6-5-7-17)16(3)31-20(27)13-26-24(29)22-23(28)19(30-4)10-11-25-22/h8-12,16-17,21,28H,5-7,13H2,1-4H3,(H,26,29). The molecule has 2 N–H and O–H groups in total. The molecule has 166 valence electrons. The van der Waals surface area contributed by atoms with Crippen molar-refractivity contribution in [2.24, 2.45) is 5.92 Å². The van der Waals surface area contributed by atoms with Crippen molar-refractivity contribution in [1.82, 2.24) is 10.3 Å². The van der Waals surface area contributed by atoms with E-state index in [0.29, 0.717) is 5.92 Å². The summed E-state index contributed by atoms with van der Waals surface area (Å²) >= 11 is 0. The zero-order chi connectivity index (χ0) is 22.5. The Morgan fingerprint density at radius 1 is 1.26 bits per heavy atom. The normalized spacial score (nSPS) is 15.5. The van der Waals surface area contributed by atoms with E-state index in [0.717, 1.165) is 12.8 Å². The molecule has 2 atom stereocenters. The first-order valence-corrected chi connectivity index (χ1v) is 10.6. The highest BCUT2D eigenvalue weighted by Crippen LogP contribution is 2.43. The van der Waals surface area contributed by atoms with Crippen LogP contribution >= 0.6 is 0 Å². The van der Waals surface area contributed by atoms with Gasteiger partial charge in [0.25, 0.3) is 5.91 Å². The number of pyridine rings is 1. The van der Waals surface area contributed by atoms with E-state index in [1.807, 2.05) is 6.92 Å². The van der Waals surface area contributed by atoms with Gasteiger partial charge in [-0.1, -0.05) is 30.2 Å². The number of carbonyl (C=O) groups is 2. The van der Waals surface area contributed by atoms with Gasteiger partial charge in [-0.25, -0.2) is 4.98 Å². The summed E-state index contributed by atoms with van der Waals surface area (Å²) in [5.74, 6) is -0.838. The molecule has 0 spiro atoms. The molecule has 7 nitrogen and oxygen atoms in total. The van der Waals surface area contributed by atoms with Gasteiger partial charge in [0.15, 0.2) is 17.2 Å². The summed E-state index contributed by atoms with van der Waals surface area (Å²) in [5.41, 5.74) is 3.41. The lowest BCUT2D eigenvalue weighted by atomic mass is 9.70. The van der Waals surface area contributed by atoms with Gasteiger partial charge in [0.1, 0.15) is 12.6 Å². The van der Waals surface area contributed by atoms with Crippen molar-refractivity contribution in [3.05, 3.63) is 52.8 Å². The Morgan fingerprint density at radius 3 is 2.61 bits per heavy atom. The third kappa shape index (κ3) is 5.16. The van der Waals surface area contributed by atoms with Crippen LogP contribution < -0.4 is 10.1 Å². The van der Waals surface area contributed by atoms with E-state index in [4.69, 9.17) is 9.47 Å². The van der Waals surface area contributed by atoms with Crippen molar-refractivity contribution in [3.63, 3.8) is 0 Å². The Hall–Kier alpha value is -3.09. The fourth-order valence-corrected chi connectivity index (χ4v) is 4.21. The summed E-state index contributed by atoms with van der Waals surface area (Å²) in [4.78, 5) is 28.6. The molecule has 1 amide bonds. The largest absolute Gasteiger partial charge is 0.503 e. The van der Waals surface area contributed by atoms with Gasteiger partial charge in [0.2, 0.25) is 0 Å². The van der Waals surface area contributed by atoms with E-state index >= 15 is 0 Å². The molecule has 1 fully saturated rings. The second-order valence-corrected chi connectivity index (χ2v) is 8.16. The van der Waals surface area contributed by atoms with Crippen molar-refractivity contribution in [2.75, 3.05) is 13.7 Å². The number of rotatable bonds is 8. The highest BCUT2D eigenvalue weighted by Gasteiger charge is 2.35. The maximum atomic E-state index is 12.5. The van der Waals surface area contributed by atoms with Gasteiger partial charge in [-0.2, -0.15) is 0 Å². The first-order valence-electron chi connectivity index (χ1n) is 10.6. The summed E-state index contributed by atoms with van der Waals surface area (Å²) in [5, 5.41) is 12.5. The van der Waals surface area contributed by atoms with Crippen LogP contribution in [-0.4, -0.2) is 41.7 Å². The zero-order valence-corrected chi connectivity index (χ0v) is 18.5. The predicted octanol–water partition coefficient (Wildman–Crippen LogP) is 3.66. The van der Waals surface area contributed by atoms with Crippen LogP contribution in [0, 0.1) is 19.8 Å². The number of ether oxygens (including phenoxy) is 2. The number of carbonyl (C=O) groups excluding carboxylic acids is 2. The van der Waals surface area contributed by atoms with E-state index in [-0.39, 0.29) is 35.8 Å². The van der Waals surface area contributed by atoms with Gasteiger partial charge in [-0.05, 0) is 50.7 Å². The third-order valence-corrected chi connectivity index (χ3v) is 5.98. The van der Waals surface area contributed by atoms with E-state index < -0.39 is 11.9 Å². The summed E-state index contributed by atoms with van der Waals surface area (Å²) in [6.07, 6.45) is 4.47. The molecule has 3 rings (SSSR count). The van der Waals surface area contributed by atoms with Gasteiger partial charge >= 0.3 is 5.97 Å². The molecule has 0 saturated heterocycles. The van der Waals surface area contributed by atoms with Crippen molar-refractivity contribution in [1.29, 1.82) is 0 Å². The lowest BCUT2D eigenvalue weighted by Gasteiger charge is -2.38. The molecule has 0 aliphatic heterocycles. The van der Waals surface area contributed by atoms with Gasteiger partial charge in [-0.3, -0.25) is 9.59 Å². The zero-order valence-electron chi connectivity index (χ0n) is 18.5. The minimum absolute atomic E-state index is 0.123. The quantitative estimate of drug-likeness (QED) is 0.625. The first kappa shape index (κ1) is 22.6. The van der Waals surface area contributed by atoms with Gasteiger partial charge in [0.05, 0.1) is 7.11 Å². The number of aryl methyl sites for hydroxylation is 2. The Bertz CT molecular complexity index is 955. The minimum atomic E-state index is -0.675. The SMILES string of the molecule is COc1ccnc(C(=O)NCC(=O)OC(C)C(c2ccc(C)cc2C)C2CCC2)c1O. The molecule has 31 heavy (non-hydrogen) atoms. The number of aromatic hydroxyl groups is 1. The average Bonchev–Trinajstić information content (AvgIpc) is 2.69. The number of nitrogens with one attached hydrogen (secondary N) is 1. The lowest BCUT2D eigenvalue weighted by Crippen LogP contribution is -2.36. The Labute approximate surface area is 182 Å². The Morgan fingerprint density at radius 2 is 2.00 bits per heavy atom. The smallest absolute Gasteiger partial charge is 0.325 e. The van der Waals surface area contributed by atoms with Crippen LogP contribution in [0.3, 0.4) is 0 Å². The Balaban J connectivity index is 1.64. The van der Waals surface area contributed by atoms with Crippen LogP contribution in [0.15, 0.2) is 30.5 Å². The van der Waals surface area contributed by atoms with Crippen LogP contribution in [-0.2, 0) is 9.53 Å². The van der Waals surface area contributed by atoms with Crippen molar-refractivity contribution in [2.45, 2.75) is 52.1 Å². The minimum Gasteiger partial charge on any atom is -0.503 e. The summed E-state index contributed by atoms with van der Waals surface area (Å²) in [6.45, 7) is 5.76. The van der Waals surface area contributed by atoms with Crippen LogP contribution in [0.5, 0.6) is 11.5 Å². The van der Waals surface area contributed by atoms with Crippen molar-refractivity contribution in [3.8, 4) is 11.5 Å². The fourth-order valence-electron chi connectivity index (χ4n) is 4.21.